The van der Waals surface area contributed by atoms with E-state index in [2.05, 4.69) is 39.9 Å². The molecule has 0 atom stereocenters. The lowest BCUT2D eigenvalue weighted by molar-refractivity contribution is 0.112. The fourth-order valence-electron chi connectivity index (χ4n) is 1.92. The van der Waals surface area contributed by atoms with E-state index < -0.39 is 0 Å². The topological polar surface area (TPSA) is 20.3 Å². The van der Waals surface area contributed by atoms with Crippen molar-refractivity contribution in [2.24, 2.45) is 0 Å². The van der Waals surface area contributed by atoms with Crippen molar-refractivity contribution in [2.75, 3.05) is 11.4 Å². The molecule has 0 unspecified atom stereocenters. The van der Waals surface area contributed by atoms with Crippen molar-refractivity contribution in [3.8, 4) is 0 Å². The molecule has 0 radical (unpaired) electrons. The van der Waals surface area contributed by atoms with Crippen LogP contribution in [0.1, 0.15) is 17.3 Å². The second-order valence-corrected chi connectivity index (χ2v) is 4.76. The van der Waals surface area contributed by atoms with Crippen LogP contribution in [0.2, 0.25) is 0 Å². The van der Waals surface area contributed by atoms with Crippen molar-refractivity contribution >= 4 is 33.6 Å². The normalized spacial score (nSPS) is 10.1. The van der Waals surface area contributed by atoms with Crippen molar-refractivity contribution in [2.45, 2.75) is 6.92 Å². The van der Waals surface area contributed by atoms with Gasteiger partial charge in [-0.3, -0.25) is 4.79 Å². The molecular formula is C15H14BrNO. The molecule has 2 aromatic carbocycles. The first-order valence-electron chi connectivity index (χ1n) is 5.83. The summed E-state index contributed by atoms with van der Waals surface area (Å²) in [7, 11) is 0. The standard InChI is InChI=1S/C15H14BrNO/c1-2-17(13-6-4-3-5-7-13)15-9-8-12(11-18)10-14(15)16/h3-11H,2H2,1H3. The van der Waals surface area contributed by atoms with Crippen LogP contribution in [0.25, 0.3) is 0 Å². The Morgan fingerprint density at radius 3 is 2.44 bits per heavy atom. The van der Waals surface area contributed by atoms with Crippen molar-refractivity contribution in [1.82, 2.24) is 0 Å². The van der Waals surface area contributed by atoms with Crippen LogP contribution in [0.4, 0.5) is 11.4 Å². The van der Waals surface area contributed by atoms with Gasteiger partial charge in [-0.15, -0.1) is 0 Å². The maximum Gasteiger partial charge on any atom is 0.150 e. The lowest BCUT2D eigenvalue weighted by Gasteiger charge is -2.24. The Morgan fingerprint density at radius 1 is 1.17 bits per heavy atom. The Balaban J connectivity index is 2.42. The molecule has 18 heavy (non-hydrogen) atoms. The number of nitrogens with zero attached hydrogens (tertiary/aromatic N) is 1. The molecule has 0 heterocycles. The van der Waals surface area contributed by atoms with Gasteiger partial charge in [-0.2, -0.15) is 0 Å². The SMILES string of the molecule is CCN(c1ccccc1)c1ccc(C=O)cc1Br. The number of hydrogen-bond donors (Lipinski definition) is 0. The Bertz CT molecular complexity index is 539. The number of rotatable bonds is 4. The molecule has 0 bridgehead atoms. The average Bonchev–Trinajstić information content (AvgIpc) is 2.42. The molecule has 0 fully saturated rings. The fraction of sp³-hybridized carbons (Fsp3) is 0.133. The maximum atomic E-state index is 10.7. The van der Waals surface area contributed by atoms with Gasteiger partial charge < -0.3 is 4.90 Å². The lowest BCUT2D eigenvalue weighted by Crippen LogP contribution is -2.16. The van der Waals surface area contributed by atoms with Gasteiger partial charge >= 0.3 is 0 Å². The molecule has 2 aromatic rings. The summed E-state index contributed by atoms with van der Waals surface area (Å²) in [6.07, 6.45) is 0.855. The first-order chi connectivity index (χ1) is 8.76. The molecule has 0 aliphatic rings. The van der Waals surface area contributed by atoms with E-state index in [4.69, 9.17) is 0 Å². The number of anilines is 2. The van der Waals surface area contributed by atoms with Gasteiger partial charge in [-0.1, -0.05) is 18.2 Å². The number of benzene rings is 2. The Labute approximate surface area is 115 Å². The van der Waals surface area contributed by atoms with E-state index in [1.807, 2.05) is 36.4 Å². The summed E-state index contributed by atoms with van der Waals surface area (Å²) in [6, 6.07) is 15.8. The predicted molar refractivity (Wildman–Crippen MR) is 78.7 cm³/mol. The highest BCUT2D eigenvalue weighted by atomic mass is 79.9. The zero-order valence-electron chi connectivity index (χ0n) is 10.1. The molecule has 2 rings (SSSR count). The van der Waals surface area contributed by atoms with Crippen molar-refractivity contribution in [1.29, 1.82) is 0 Å². The van der Waals surface area contributed by atoms with Gasteiger partial charge in [0.05, 0.1) is 5.69 Å². The molecule has 0 aromatic heterocycles. The maximum absolute atomic E-state index is 10.7. The molecule has 2 nitrogen and oxygen atoms in total. The minimum absolute atomic E-state index is 0.676. The van der Waals surface area contributed by atoms with Gasteiger partial charge in [0.1, 0.15) is 6.29 Å². The molecule has 0 aliphatic carbocycles. The van der Waals surface area contributed by atoms with E-state index >= 15 is 0 Å². The van der Waals surface area contributed by atoms with Gasteiger partial charge in [0.15, 0.2) is 0 Å². The van der Waals surface area contributed by atoms with E-state index in [0.717, 1.165) is 28.7 Å². The molecular weight excluding hydrogens is 290 g/mol. The van der Waals surface area contributed by atoms with E-state index in [9.17, 15) is 4.79 Å². The van der Waals surface area contributed by atoms with Crippen LogP contribution in [0.5, 0.6) is 0 Å². The Kier molecular flexibility index (Phi) is 4.15. The third kappa shape index (κ3) is 2.62. The minimum atomic E-state index is 0.676. The van der Waals surface area contributed by atoms with Crippen LogP contribution in [0, 0.1) is 0 Å². The van der Waals surface area contributed by atoms with Crippen molar-refractivity contribution < 1.29 is 4.79 Å². The summed E-state index contributed by atoms with van der Waals surface area (Å²) in [5.41, 5.74) is 2.88. The number of hydrogen-bond acceptors (Lipinski definition) is 2. The molecule has 0 saturated carbocycles. The lowest BCUT2D eigenvalue weighted by atomic mass is 10.2. The molecule has 3 heteroatoms. The van der Waals surface area contributed by atoms with Gasteiger partial charge in [0, 0.05) is 22.3 Å². The summed E-state index contributed by atoms with van der Waals surface area (Å²) < 4.78 is 0.929. The molecule has 0 spiro atoms. The highest BCUT2D eigenvalue weighted by Crippen LogP contribution is 2.32. The second-order valence-electron chi connectivity index (χ2n) is 3.91. The number of carbonyl (C=O) groups is 1. The molecule has 0 N–H and O–H groups in total. The minimum Gasteiger partial charge on any atom is -0.341 e. The highest BCUT2D eigenvalue weighted by Gasteiger charge is 2.10. The largest absolute Gasteiger partial charge is 0.341 e. The summed E-state index contributed by atoms with van der Waals surface area (Å²) in [5, 5.41) is 0. The summed E-state index contributed by atoms with van der Waals surface area (Å²) >= 11 is 3.53. The van der Waals surface area contributed by atoms with E-state index in [1.54, 1.807) is 0 Å². The highest BCUT2D eigenvalue weighted by molar-refractivity contribution is 9.10. The van der Waals surface area contributed by atoms with E-state index in [0.29, 0.717) is 5.56 Å². The molecule has 0 saturated heterocycles. The smallest absolute Gasteiger partial charge is 0.150 e. The molecule has 0 amide bonds. The van der Waals surface area contributed by atoms with E-state index in [1.165, 1.54) is 0 Å². The number of para-hydroxylation sites is 1. The van der Waals surface area contributed by atoms with Crippen LogP contribution in [0.3, 0.4) is 0 Å². The number of aldehydes is 1. The average molecular weight is 304 g/mol. The molecule has 92 valence electrons. The third-order valence-corrected chi connectivity index (χ3v) is 3.42. The van der Waals surface area contributed by atoms with Gasteiger partial charge in [-0.25, -0.2) is 0 Å². The predicted octanol–water partition coefficient (Wildman–Crippen LogP) is 4.42. The van der Waals surface area contributed by atoms with Gasteiger partial charge in [-0.05, 0) is 53.2 Å². The van der Waals surface area contributed by atoms with Crippen LogP contribution >= 0.6 is 15.9 Å². The quantitative estimate of drug-likeness (QED) is 0.779. The van der Waals surface area contributed by atoms with Gasteiger partial charge in [0.2, 0.25) is 0 Å². The second kappa shape index (κ2) is 5.83. The zero-order valence-corrected chi connectivity index (χ0v) is 11.7. The monoisotopic (exact) mass is 303 g/mol. The summed E-state index contributed by atoms with van der Waals surface area (Å²) in [5.74, 6) is 0. The third-order valence-electron chi connectivity index (χ3n) is 2.78. The van der Waals surface area contributed by atoms with Crippen LogP contribution < -0.4 is 4.90 Å². The Morgan fingerprint density at radius 2 is 1.89 bits per heavy atom. The van der Waals surface area contributed by atoms with Crippen LogP contribution in [-0.4, -0.2) is 12.8 Å². The fourth-order valence-corrected chi connectivity index (χ4v) is 2.53. The first-order valence-corrected chi connectivity index (χ1v) is 6.63. The summed E-state index contributed by atoms with van der Waals surface area (Å²) in [4.78, 5) is 12.9. The van der Waals surface area contributed by atoms with E-state index in [-0.39, 0.29) is 0 Å². The number of carbonyl (C=O) groups excluding carboxylic acids is 1. The number of halogens is 1. The zero-order chi connectivity index (χ0) is 13.0. The Hall–Kier alpha value is -1.61. The van der Waals surface area contributed by atoms with Crippen LogP contribution in [-0.2, 0) is 0 Å². The molecule has 0 aliphatic heterocycles. The van der Waals surface area contributed by atoms with Crippen molar-refractivity contribution in [3.63, 3.8) is 0 Å². The first kappa shape index (κ1) is 12.8. The van der Waals surface area contributed by atoms with Gasteiger partial charge in [0.25, 0.3) is 0 Å². The summed E-state index contributed by atoms with van der Waals surface area (Å²) in [6.45, 7) is 2.97. The van der Waals surface area contributed by atoms with Crippen LogP contribution in [0.15, 0.2) is 53.0 Å². The van der Waals surface area contributed by atoms with Crippen molar-refractivity contribution in [3.05, 3.63) is 58.6 Å².